The zero-order valence-corrected chi connectivity index (χ0v) is 21.3. The first kappa shape index (κ1) is 25.0. The lowest BCUT2D eigenvalue weighted by Crippen LogP contribution is -2.19. The Morgan fingerprint density at radius 2 is 1.83 bits per heavy atom. The highest BCUT2D eigenvalue weighted by molar-refractivity contribution is 6.06. The van der Waals surface area contributed by atoms with Gasteiger partial charge in [-0.1, -0.05) is 32.0 Å². The lowest BCUT2D eigenvalue weighted by atomic mass is 9.87. The summed E-state index contributed by atoms with van der Waals surface area (Å²) in [5, 5.41) is 7.02. The Morgan fingerprint density at radius 1 is 1.00 bits per heavy atom. The Kier molecular flexibility index (Phi) is 7.73. The van der Waals surface area contributed by atoms with Crippen LogP contribution in [0.1, 0.15) is 49.5 Å². The smallest absolute Gasteiger partial charge is 0.251 e. The first-order chi connectivity index (χ1) is 17.4. The van der Waals surface area contributed by atoms with Gasteiger partial charge < -0.3 is 15.4 Å². The molecule has 2 N–H and O–H groups in total. The van der Waals surface area contributed by atoms with Crippen LogP contribution in [0.15, 0.2) is 61.2 Å². The lowest BCUT2D eigenvalue weighted by Gasteiger charge is -2.22. The summed E-state index contributed by atoms with van der Waals surface area (Å²) in [5.74, 6) is 1.70. The molecule has 0 spiro atoms. The molecule has 0 aliphatic rings. The summed E-state index contributed by atoms with van der Waals surface area (Å²) in [6.45, 7) is 9.03. The van der Waals surface area contributed by atoms with Gasteiger partial charge in [-0.25, -0.2) is 15.0 Å². The number of nitrogens with zero attached hydrogens (tertiary/aromatic N) is 4. The summed E-state index contributed by atoms with van der Waals surface area (Å²) < 4.78 is 5.62. The average Bonchev–Trinajstić information content (AvgIpc) is 2.90. The number of carbonyl (C=O) groups excluding carboxylic acids is 1. The van der Waals surface area contributed by atoms with Crippen molar-refractivity contribution in [3.05, 3.63) is 72.3 Å². The number of pyridine rings is 2. The minimum absolute atomic E-state index is 0.0742. The van der Waals surface area contributed by atoms with Crippen molar-refractivity contribution in [3.63, 3.8) is 0 Å². The number of para-hydroxylation sites is 1. The molecule has 1 aromatic carbocycles. The van der Waals surface area contributed by atoms with Crippen molar-refractivity contribution in [2.75, 3.05) is 18.9 Å². The number of benzene rings is 1. The van der Waals surface area contributed by atoms with Crippen molar-refractivity contribution < 1.29 is 9.53 Å². The summed E-state index contributed by atoms with van der Waals surface area (Å²) in [5.41, 5.74) is 4.29. The maximum absolute atomic E-state index is 12.3. The first-order valence-electron chi connectivity index (χ1n) is 12.2. The van der Waals surface area contributed by atoms with E-state index in [2.05, 4.69) is 50.5 Å². The van der Waals surface area contributed by atoms with E-state index < -0.39 is 0 Å². The maximum Gasteiger partial charge on any atom is 0.251 e. The summed E-state index contributed by atoms with van der Waals surface area (Å²) in [7, 11) is 1.64. The van der Waals surface area contributed by atoms with Crippen LogP contribution in [0, 0.1) is 5.92 Å². The molecular weight excluding hydrogens is 452 g/mol. The van der Waals surface area contributed by atoms with Crippen LogP contribution >= 0.6 is 0 Å². The van der Waals surface area contributed by atoms with E-state index in [-0.39, 0.29) is 23.8 Å². The van der Waals surface area contributed by atoms with Gasteiger partial charge in [-0.05, 0) is 43.4 Å². The number of anilines is 1. The molecule has 4 aromatic rings. The molecule has 0 aliphatic heterocycles. The Bertz CT molecular complexity index is 1340. The number of hydrogen-bond donors (Lipinski definition) is 2. The third kappa shape index (κ3) is 5.59. The number of nitrogens with one attached hydrogen (secondary N) is 2. The van der Waals surface area contributed by atoms with E-state index in [0.29, 0.717) is 18.0 Å². The number of rotatable bonds is 9. The topological polar surface area (TPSA) is 102 Å². The largest absolute Gasteiger partial charge is 0.475 e. The van der Waals surface area contributed by atoms with E-state index in [1.165, 1.54) is 0 Å². The molecule has 4 rings (SSSR count). The van der Waals surface area contributed by atoms with Crippen molar-refractivity contribution in [2.45, 2.75) is 39.7 Å². The van der Waals surface area contributed by atoms with Crippen molar-refractivity contribution in [3.8, 4) is 17.1 Å². The Labute approximate surface area is 211 Å². The fraction of sp³-hybridized carbons (Fsp3) is 0.321. The molecule has 0 saturated carbocycles. The standard InChI is InChI=1S/C28H32N6O2/c1-17(2)36-26-10-9-20(15-32-26)24-13-25(34-16-33-24)31-14-18(3)19(4)21-7-6-8-22-23(28(35)29-5)11-12-30-27(21)22/h6-13,15-19H,14H2,1-5H3,(H,29,35)(H,31,33,34)/t18-,19?/m1/s1. The fourth-order valence-corrected chi connectivity index (χ4v) is 4.10. The molecule has 186 valence electrons. The van der Waals surface area contributed by atoms with Gasteiger partial charge in [0, 0.05) is 49.1 Å². The average molecular weight is 485 g/mol. The molecule has 3 heterocycles. The predicted octanol–water partition coefficient (Wildman–Crippen LogP) is 5.09. The number of amides is 1. The Hall–Kier alpha value is -4.07. The Balaban J connectivity index is 1.47. The number of aromatic nitrogens is 4. The number of hydrogen-bond acceptors (Lipinski definition) is 7. The lowest BCUT2D eigenvalue weighted by molar-refractivity contribution is 0.0964. The molecule has 36 heavy (non-hydrogen) atoms. The van der Waals surface area contributed by atoms with Crippen LogP contribution in [-0.2, 0) is 0 Å². The highest BCUT2D eigenvalue weighted by Gasteiger charge is 2.19. The molecule has 0 aliphatic carbocycles. The Morgan fingerprint density at radius 3 is 2.56 bits per heavy atom. The molecule has 8 nitrogen and oxygen atoms in total. The van der Waals surface area contributed by atoms with Crippen molar-refractivity contribution in [1.82, 2.24) is 25.3 Å². The molecule has 0 saturated heterocycles. The van der Waals surface area contributed by atoms with Gasteiger partial charge >= 0.3 is 0 Å². The van der Waals surface area contributed by atoms with Gasteiger partial charge in [-0.2, -0.15) is 0 Å². The van der Waals surface area contributed by atoms with Crippen molar-refractivity contribution >= 4 is 22.6 Å². The second kappa shape index (κ2) is 11.1. The van der Waals surface area contributed by atoms with E-state index in [9.17, 15) is 4.79 Å². The molecular formula is C28H32N6O2. The van der Waals surface area contributed by atoms with Crippen LogP contribution in [-0.4, -0.2) is 45.5 Å². The summed E-state index contributed by atoms with van der Waals surface area (Å²) in [6.07, 6.45) is 5.09. The number of ether oxygens (including phenoxy) is 1. The minimum atomic E-state index is -0.112. The zero-order chi connectivity index (χ0) is 25.7. The molecule has 0 bridgehead atoms. The third-order valence-electron chi connectivity index (χ3n) is 6.28. The monoisotopic (exact) mass is 484 g/mol. The van der Waals surface area contributed by atoms with E-state index in [1.807, 2.05) is 44.2 Å². The summed E-state index contributed by atoms with van der Waals surface area (Å²) in [4.78, 5) is 30.1. The van der Waals surface area contributed by atoms with Crippen molar-refractivity contribution in [2.24, 2.45) is 5.92 Å². The van der Waals surface area contributed by atoms with Crippen LogP contribution < -0.4 is 15.4 Å². The van der Waals surface area contributed by atoms with Gasteiger partial charge in [0.15, 0.2) is 0 Å². The van der Waals surface area contributed by atoms with Gasteiger partial charge in [0.2, 0.25) is 5.88 Å². The second-order valence-corrected chi connectivity index (χ2v) is 9.17. The maximum atomic E-state index is 12.3. The van der Waals surface area contributed by atoms with Crippen molar-refractivity contribution in [1.29, 1.82) is 0 Å². The number of carbonyl (C=O) groups is 1. The van der Waals surface area contributed by atoms with Gasteiger partial charge in [0.25, 0.3) is 5.91 Å². The normalized spacial score (nSPS) is 12.8. The first-order valence-corrected chi connectivity index (χ1v) is 12.2. The highest BCUT2D eigenvalue weighted by atomic mass is 16.5. The van der Waals surface area contributed by atoms with Gasteiger partial charge in [-0.3, -0.25) is 9.78 Å². The zero-order valence-electron chi connectivity index (χ0n) is 21.3. The molecule has 0 radical (unpaired) electrons. The van der Waals surface area contributed by atoms with Crippen LogP contribution in [0.2, 0.25) is 0 Å². The highest BCUT2D eigenvalue weighted by Crippen LogP contribution is 2.31. The van der Waals surface area contributed by atoms with Gasteiger partial charge in [-0.15, -0.1) is 0 Å². The molecule has 3 aromatic heterocycles. The van der Waals surface area contributed by atoms with E-state index in [4.69, 9.17) is 4.74 Å². The van der Waals surface area contributed by atoms with Crippen LogP contribution in [0.5, 0.6) is 5.88 Å². The fourth-order valence-electron chi connectivity index (χ4n) is 4.10. The molecule has 8 heteroatoms. The number of fused-ring (bicyclic) bond motifs is 1. The van der Waals surface area contributed by atoms with Gasteiger partial charge in [0.05, 0.1) is 22.9 Å². The second-order valence-electron chi connectivity index (χ2n) is 9.17. The molecule has 1 amide bonds. The van der Waals surface area contributed by atoms with E-state index in [1.54, 1.807) is 31.8 Å². The molecule has 1 unspecified atom stereocenters. The van der Waals surface area contributed by atoms with Crippen LogP contribution in [0.25, 0.3) is 22.2 Å². The van der Waals surface area contributed by atoms with Gasteiger partial charge in [0.1, 0.15) is 12.1 Å². The SMILES string of the molecule is CNC(=O)c1ccnc2c(C(C)[C@H](C)CNc3cc(-c4ccc(OC(C)C)nc4)ncn3)cccc12. The summed E-state index contributed by atoms with van der Waals surface area (Å²) >= 11 is 0. The quantitative estimate of drug-likeness (QED) is 0.341. The van der Waals surface area contributed by atoms with E-state index >= 15 is 0 Å². The van der Waals surface area contributed by atoms with Crippen LogP contribution in [0.4, 0.5) is 5.82 Å². The minimum Gasteiger partial charge on any atom is -0.475 e. The van der Waals surface area contributed by atoms with Crippen LogP contribution in [0.3, 0.4) is 0 Å². The predicted molar refractivity (Wildman–Crippen MR) is 142 cm³/mol. The van der Waals surface area contributed by atoms with E-state index in [0.717, 1.165) is 33.5 Å². The third-order valence-corrected chi connectivity index (χ3v) is 6.28. The molecule has 0 fully saturated rings. The summed E-state index contributed by atoms with van der Waals surface area (Å²) in [6, 6.07) is 13.5. The molecule has 2 atom stereocenters.